The Morgan fingerprint density at radius 3 is 2.81 bits per heavy atom. The van der Waals surface area contributed by atoms with Crippen LogP contribution in [0.25, 0.3) is 0 Å². The smallest absolute Gasteiger partial charge is 0.236 e. The van der Waals surface area contributed by atoms with Crippen LogP contribution in [-0.4, -0.2) is 36.6 Å². The van der Waals surface area contributed by atoms with Gasteiger partial charge in [0.2, 0.25) is 11.0 Å². The number of hydrogen-bond donors (Lipinski definition) is 1. The number of carbonyl (C=O) groups is 1. The Bertz CT molecular complexity index is 1060. The Balaban J connectivity index is 1.67. The number of nitrogens with zero attached hydrogens (tertiary/aromatic N) is 5. The summed E-state index contributed by atoms with van der Waals surface area (Å²) in [6.07, 6.45) is 2.25. The van der Waals surface area contributed by atoms with E-state index < -0.39 is 0 Å². The van der Waals surface area contributed by atoms with Gasteiger partial charge in [-0.3, -0.25) is 14.7 Å². The number of ether oxygens (including phenoxy) is 1. The number of anilines is 1. The van der Waals surface area contributed by atoms with Crippen LogP contribution in [0.2, 0.25) is 0 Å². The lowest BCUT2D eigenvalue weighted by atomic mass is 10.1. The fourth-order valence-corrected chi connectivity index (χ4v) is 4.37. The van der Waals surface area contributed by atoms with E-state index >= 15 is 0 Å². The molecule has 1 aromatic carbocycles. The zero-order valence-electron chi connectivity index (χ0n) is 18.1. The van der Waals surface area contributed by atoms with Crippen LogP contribution in [0.3, 0.4) is 0 Å². The van der Waals surface area contributed by atoms with Crippen molar-refractivity contribution in [2.75, 3.05) is 11.1 Å². The molecule has 2 aromatic heterocycles. The van der Waals surface area contributed by atoms with Gasteiger partial charge in [0.1, 0.15) is 10.8 Å². The van der Waals surface area contributed by atoms with Crippen LogP contribution in [0.1, 0.15) is 41.9 Å². The SMILES string of the molecule is C=CCn1c(SCC(=O)Nc2nnc(CC)s2)nnc1C(C)Oc1ccc(C)cc1C. The number of allylic oxidation sites excluding steroid dienone is 1. The maximum absolute atomic E-state index is 12.3. The van der Waals surface area contributed by atoms with Crippen molar-refractivity contribution in [3.63, 3.8) is 0 Å². The summed E-state index contributed by atoms with van der Waals surface area (Å²) >= 11 is 2.69. The van der Waals surface area contributed by atoms with Crippen LogP contribution in [0.5, 0.6) is 5.75 Å². The molecule has 0 bridgehead atoms. The summed E-state index contributed by atoms with van der Waals surface area (Å²) < 4.78 is 8.06. The molecule has 2 heterocycles. The fourth-order valence-electron chi connectivity index (χ4n) is 2.92. The number of carbonyl (C=O) groups excluding carboxylic acids is 1. The van der Waals surface area contributed by atoms with E-state index in [4.69, 9.17) is 4.74 Å². The van der Waals surface area contributed by atoms with Crippen molar-refractivity contribution in [1.29, 1.82) is 0 Å². The summed E-state index contributed by atoms with van der Waals surface area (Å²) in [4.78, 5) is 12.3. The average molecular weight is 459 g/mol. The van der Waals surface area contributed by atoms with Crippen LogP contribution in [0.15, 0.2) is 36.0 Å². The lowest BCUT2D eigenvalue weighted by Crippen LogP contribution is -2.15. The minimum absolute atomic E-state index is 0.168. The highest BCUT2D eigenvalue weighted by atomic mass is 32.2. The van der Waals surface area contributed by atoms with Crippen molar-refractivity contribution >= 4 is 34.1 Å². The molecular formula is C21H26N6O2S2. The number of aromatic nitrogens is 5. The molecule has 0 aliphatic rings. The van der Waals surface area contributed by atoms with Gasteiger partial charge >= 0.3 is 0 Å². The first kappa shape index (κ1) is 23.0. The van der Waals surface area contributed by atoms with E-state index in [9.17, 15) is 4.79 Å². The molecule has 0 aliphatic carbocycles. The molecule has 1 atom stereocenters. The summed E-state index contributed by atoms with van der Waals surface area (Å²) in [6, 6.07) is 6.06. The molecule has 0 fully saturated rings. The maximum Gasteiger partial charge on any atom is 0.236 e. The van der Waals surface area contributed by atoms with E-state index in [0.717, 1.165) is 22.7 Å². The van der Waals surface area contributed by atoms with Crippen molar-refractivity contribution < 1.29 is 9.53 Å². The number of thioether (sulfide) groups is 1. The summed E-state index contributed by atoms with van der Waals surface area (Å²) in [5.74, 6) is 1.50. The molecule has 164 valence electrons. The quantitative estimate of drug-likeness (QED) is 0.356. The van der Waals surface area contributed by atoms with Crippen molar-refractivity contribution in [3.8, 4) is 5.75 Å². The summed E-state index contributed by atoms with van der Waals surface area (Å²) in [6.45, 7) is 12.3. The van der Waals surface area contributed by atoms with Crippen LogP contribution >= 0.6 is 23.1 Å². The Labute approximate surface area is 190 Å². The minimum Gasteiger partial charge on any atom is -0.482 e. The minimum atomic E-state index is -0.314. The van der Waals surface area contributed by atoms with Crippen LogP contribution in [-0.2, 0) is 17.8 Å². The number of amides is 1. The van der Waals surface area contributed by atoms with E-state index in [-0.39, 0.29) is 17.8 Å². The molecule has 31 heavy (non-hydrogen) atoms. The normalized spacial score (nSPS) is 11.9. The van der Waals surface area contributed by atoms with Gasteiger partial charge in [0, 0.05) is 6.54 Å². The van der Waals surface area contributed by atoms with Gasteiger partial charge in [-0.25, -0.2) is 0 Å². The second-order valence-corrected chi connectivity index (χ2v) is 8.97. The molecule has 3 aromatic rings. The largest absolute Gasteiger partial charge is 0.482 e. The Kier molecular flexibility index (Phi) is 7.80. The Hall–Kier alpha value is -2.72. The van der Waals surface area contributed by atoms with E-state index in [1.54, 1.807) is 6.08 Å². The third kappa shape index (κ3) is 5.92. The summed E-state index contributed by atoms with van der Waals surface area (Å²) in [5, 5.41) is 21.4. The van der Waals surface area contributed by atoms with Gasteiger partial charge in [-0.05, 0) is 38.8 Å². The molecule has 1 amide bonds. The average Bonchev–Trinajstić information content (AvgIpc) is 3.35. The highest BCUT2D eigenvalue weighted by Crippen LogP contribution is 2.27. The van der Waals surface area contributed by atoms with Gasteiger partial charge in [0.05, 0.1) is 5.75 Å². The molecule has 0 saturated carbocycles. The van der Waals surface area contributed by atoms with E-state index in [0.29, 0.717) is 22.7 Å². The van der Waals surface area contributed by atoms with Crippen LogP contribution < -0.4 is 10.1 Å². The van der Waals surface area contributed by atoms with E-state index in [2.05, 4.69) is 38.4 Å². The molecule has 0 saturated heterocycles. The highest BCUT2D eigenvalue weighted by molar-refractivity contribution is 7.99. The first-order valence-corrected chi connectivity index (χ1v) is 11.7. The molecule has 3 rings (SSSR count). The number of rotatable bonds is 10. The Morgan fingerprint density at radius 1 is 1.32 bits per heavy atom. The maximum atomic E-state index is 12.3. The van der Waals surface area contributed by atoms with Crippen LogP contribution in [0.4, 0.5) is 5.13 Å². The first-order chi connectivity index (χ1) is 14.9. The summed E-state index contributed by atoms with van der Waals surface area (Å²) in [7, 11) is 0. The molecule has 1 unspecified atom stereocenters. The predicted molar refractivity (Wildman–Crippen MR) is 124 cm³/mol. The van der Waals surface area contributed by atoms with Crippen molar-refractivity contribution in [2.24, 2.45) is 0 Å². The molecule has 0 spiro atoms. The van der Waals surface area contributed by atoms with Gasteiger partial charge in [-0.2, -0.15) is 0 Å². The lowest BCUT2D eigenvalue weighted by molar-refractivity contribution is -0.113. The molecular weight excluding hydrogens is 432 g/mol. The topological polar surface area (TPSA) is 94.8 Å². The van der Waals surface area contributed by atoms with E-state index in [1.165, 1.54) is 28.7 Å². The monoisotopic (exact) mass is 458 g/mol. The number of aryl methyl sites for hydroxylation is 3. The van der Waals surface area contributed by atoms with Gasteiger partial charge < -0.3 is 4.74 Å². The third-order valence-electron chi connectivity index (χ3n) is 4.40. The van der Waals surface area contributed by atoms with Gasteiger partial charge in [-0.15, -0.1) is 27.0 Å². The highest BCUT2D eigenvalue weighted by Gasteiger charge is 2.20. The van der Waals surface area contributed by atoms with Gasteiger partial charge in [-0.1, -0.05) is 53.8 Å². The van der Waals surface area contributed by atoms with Crippen molar-refractivity contribution in [2.45, 2.75) is 51.9 Å². The van der Waals surface area contributed by atoms with Gasteiger partial charge in [0.15, 0.2) is 17.1 Å². The molecule has 0 aliphatic heterocycles. The molecule has 0 radical (unpaired) electrons. The molecule has 8 nitrogen and oxygen atoms in total. The van der Waals surface area contributed by atoms with Gasteiger partial charge in [0.25, 0.3) is 0 Å². The summed E-state index contributed by atoms with van der Waals surface area (Å²) in [5.41, 5.74) is 2.25. The molecule has 10 heteroatoms. The fraction of sp³-hybridized carbons (Fsp3) is 0.381. The molecule has 1 N–H and O–H groups in total. The van der Waals surface area contributed by atoms with Crippen molar-refractivity contribution in [1.82, 2.24) is 25.0 Å². The van der Waals surface area contributed by atoms with Crippen LogP contribution in [0, 0.1) is 13.8 Å². The second-order valence-electron chi connectivity index (χ2n) is 6.96. The lowest BCUT2D eigenvalue weighted by Gasteiger charge is -2.17. The number of hydrogen-bond acceptors (Lipinski definition) is 8. The second kappa shape index (κ2) is 10.5. The number of nitrogens with one attached hydrogen (secondary N) is 1. The first-order valence-electron chi connectivity index (χ1n) is 9.94. The Morgan fingerprint density at radius 2 is 2.13 bits per heavy atom. The number of benzene rings is 1. The third-order valence-corrected chi connectivity index (χ3v) is 6.35. The zero-order valence-corrected chi connectivity index (χ0v) is 19.7. The predicted octanol–water partition coefficient (Wildman–Crippen LogP) is 4.37. The zero-order chi connectivity index (χ0) is 22.4. The van der Waals surface area contributed by atoms with E-state index in [1.807, 2.05) is 44.4 Å². The standard InChI is InChI=1S/C21H26N6O2S2/c1-6-10-27-19(15(5)29-16-9-8-13(3)11-14(16)4)24-26-21(27)30-12-17(28)22-20-25-23-18(7-2)31-20/h6,8-9,11,15H,1,7,10,12H2,2-5H3,(H,22,25,28). The van der Waals surface area contributed by atoms with Crippen molar-refractivity contribution in [3.05, 3.63) is 52.8 Å².